The summed E-state index contributed by atoms with van der Waals surface area (Å²) in [5.41, 5.74) is -0.156. The molecule has 3 rings (SSSR count). The third kappa shape index (κ3) is 6.71. The third-order valence-electron chi connectivity index (χ3n) is 5.56. The van der Waals surface area contributed by atoms with Crippen LogP contribution >= 0.6 is 0 Å². The largest absolute Gasteiger partial charge is 0.487 e. The molecule has 0 aliphatic carbocycles. The molecule has 0 saturated heterocycles. The van der Waals surface area contributed by atoms with Crippen molar-refractivity contribution < 1.29 is 37.0 Å². The summed E-state index contributed by atoms with van der Waals surface area (Å²) in [7, 11) is 0. The summed E-state index contributed by atoms with van der Waals surface area (Å²) >= 11 is 0. The lowest BCUT2D eigenvalue weighted by Crippen LogP contribution is -2.39. The molecular formula is C26H25F4NO4. The smallest absolute Gasteiger partial charge is 0.389 e. The molecule has 5 nitrogen and oxygen atoms in total. The molecule has 2 N–H and O–H groups in total. The topological polar surface area (TPSA) is 75.6 Å². The van der Waals surface area contributed by atoms with Gasteiger partial charge in [0.2, 0.25) is 0 Å². The molecule has 0 aromatic heterocycles. The average Bonchev–Trinajstić information content (AvgIpc) is 2.80. The quantitative estimate of drug-likeness (QED) is 0.366. The van der Waals surface area contributed by atoms with Crippen LogP contribution in [0.4, 0.5) is 17.6 Å². The normalized spacial score (nSPS) is 11.9. The van der Waals surface area contributed by atoms with Crippen molar-refractivity contribution in [2.24, 2.45) is 5.41 Å². The number of nitrogens with one attached hydrogen (secondary N) is 1. The molecule has 0 bridgehead atoms. The number of amides is 1. The van der Waals surface area contributed by atoms with E-state index in [4.69, 9.17) is 4.74 Å². The Morgan fingerprint density at radius 2 is 1.57 bits per heavy atom. The summed E-state index contributed by atoms with van der Waals surface area (Å²) in [4.78, 5) is 24.2. The van der Waals surface area contributed by atoms with E-state index in [0.29, 0.717) is 16.5 Å². The molecule has 0 atom stereocenters. The number of carbonyl (C=O) groups excluding carboxylic acids is 1. The van der Waals surface area contributed by atoms with E-state index < -0.39 is 35.7 Å². The average molecular weight is 491 g/mol. The van der Waals surface area contributed by atoms with Gasteiger partial charge in [-0.05, 0) is 37.5 Å². The molecule has 0 aliphatic heterocycles. The molecule has 35 heavy (non-hydrogen) atoms. The van der Waals surface area contributed by atoms with Crippen molar-refractivity contribution >= 4 is 22.6 Å². The van der Waals surface area contributed by atoms with Gasteiger partial charge in [-0.1, -0.05) is 48.5 Å². The molecule has 3 aromatic carbocycles. The first-order chi connectivity index (χ1) is 16.4. The van der Waals surface area contributed by atoms with Crippen LogP contribution in [0.2, 0.25) is 0 Å². The first-order valence-electron chi connectivity index (χ1n) is 10.9. The molecule has 0 radical (unpaired) electrons. The number of carboxylic acid groups (broad SMARTS) is 1. The van der Waals surface area contributed by atoms with Gasteiger partial charge >= 0.3 is 12.1 Å². The minimum absolute atomic E-state index is 0.0178. The Morgan fingerprint density at radius 1 is 0.971 bits per heavy atom. The summed E-state index contributed by atoms with van der Waals surface area (Å²) < 4.78 is 58.0. The molecular weight excluding hydrogens is 466 g/mol. The molecule has 186 valence electrons. The van der Waals surface area contributed by atoms with Crippen molar-refractivity contribution in [3.63, 3.8) is 0 Å². The fourth-order valence-electron chi connectivity index (χ4n) is 3.34. The van der Waals surface area contributed by atoms with E-state index in [0.717, 1.165) is 6.07 Å². The number of ether oxygens (including phenoxy) is 1. The summed E-state index contributed by atoms with van der Waals surface area (Å²) in [6.07, 6.45) is -5.28. The standard InChI is InChI=1S/C26H25F4NO4/c1-25(2,24(33)34)15-31-23(32)20-13-21(27)18-5-3-4-6-19(18)22(20)35-14-17-9-7-16(8-10-17)11-12-26(28,29)30/h3-10,13H,11-12,14-15H2,1-2H3,(H,31,32)(H,33,34). The third-order valence-corrected chi connectivity index (χ3v) is 5.56. The molecule has 9 heteroatoms. The van der Waals surface area contributed by atoms with Crippen LogP contribution in [0, 0.1) is 11.2 Å². The Hall–Kier alpha value is -3.62. The van der Waals surface area contributed by atoms with E-state index in [9.17, 15) is 32.3 Å². The van der Waals surface area contributed by atoms with Crippen molar-refractivity contribution in [2.75, 3.05) is 6.54 Å². The SMILES string of the molecule is CC(C)(CNC(=O)c1cc(F)c2ccccc2c1OCc1ccc(CCC(F)(F)F)cc1)C(=O)O. The van der Waals surface area contributed by atoms with Gasteiger partial charge in [0, 0.05) is 23.7 Å². The maximum Gasteiger partial charge on any atom is 0.389 e. The lowest BCUT2D eigenvalue weighted by Gasteiger charge is -2.20. The summed E-state index contributed by atoms with van der Waals surface area (Å²) in [6.45, 7) is 2.70. The summed E-state index contributed by atoms with van der Waals surface area (Å²) in [5.74, 6) is -2.31. The van der Waals surface area contributed by atoms with Crippen LogP contribution in [0.25, 0.3) is 10.8 Å². The fourth-order valence-corrected chi connectivity index (χ4v) is 3.34. The number of fused-ring (bicyclic) bond motifs is 1. The van der Waals surface area contributed by atoms with Gasteiger partial charge in [-0.2, -0.15) is 13.2 Å². The number of rotatable bonds is 9. The van der Waals surface area contributed by atoms with Gasteiger partial charge in [0.05, 0.1) is 11.0 Å². The van der Waals surface area contributed by atoms with Crippen molar-refractivity contribution in [1.82, 2.24) is 5.32 Å². The summed E-state index contributed by atoms with van der Waals surface area (Å²) in [5, 5.41) is 12.4. The Morgan fingerprint density at radius 3 is 2.17 bits per heavy atom. The van der Waals surface area contributed by atoms with Crippen LogP contribution in [-0.2, 0) is 17.8 Å². The number of aryl methyl sites for hydroxylation is 1. The monoisotopic (exact) mass is 491 g/mol. The fraction of sp³-hybridized carbons (Fsp3) is 0.308. The number of alkyl halides is 3. The first kappa shape index (κ1) is 26.0. The van der Waals surface area contributed by atoms with Crippen LogP contribution < -0.4 is 10.1 Å². The molecule has 0 heterocycles. The van der Waals surface area contributed by atoms with Gasteiger partial charge in [-0.3, -0.25) is 9.59 Å². The first-order valence-corrected chi connectivity index (χ1v) is 10.9. The van der Waals surface area contributed by atoms with E-state index in [-0.39, 0.29) is 36.3 Å². The predicted molar refractivity (Wildman–Crippen MR) is 123 cm³/mol. The minimum Gasteiger partial charge on any atom is -0.487 e. The predicted octanol–water partition coefficient (Wildman–Crippen LogP) is 5.89. The van der Waals surface area contributed by atoms with Crippen molar-refractivity contribution in [3.05, 3.63) is 77.1 Å². The zero-order valence-electron chi connectivity index (χ0n) is 19.2. The van der Waals surface area contributed by atoms with E-state index in [2.05, 4.69) is 5.32 Å². The highest BCUT2D eigenvalue weighted by atomic mass is 19.4. The van der Waals surface area contributed by atoms with Gasteiger partial charge < -0.3 is 15.2 Å². The molecule has 0 spiro atoms. The Labute approximate surface area is 199 Å². The van der Waals surface area contributed by atoms with Crippen molar-refractivity contribution in [3.8, 4) is 5.75 Å². The van der Waals surface area contributed by atoms with Crippen LogP contribution in [0.5, 0.6) is 5.75 Å². The number of hydrogen-bond acceptors (Lipinski definition) is 3. The number of aliphatic carboxylic acids is 1. The van der Waals surface area contributed by atoms with Crippen molar-refractivity contribution in [2.45, 2.75) is 39.5 Å². The van der Waals surface area contributed by atoms with Gasteiger partial charge in [0.25, 0.3) is 5.91 Å². The minimum atomic E-state index is -4.23. The maximum absolute atomic E-state index is 14.7. The number of benzene rings is 3. The molecule has 0 aliphatic rings. The van der Waals surface area contributed by atoms with E-state index in [1.807, 2.05) is 0 Å². The van der Waals surface area contributed by atoms with Crippen LogP contribution in [0.3, 0.4) is 0 Å². The highest BCUT2D eigenvalue weighted by Crippen LogP contribution is 2.33. The Balaban J connectivity index is 1.84. The number of carbonyl (C=O) groups is 2. The zero-order valence-corrected chi connectivity index (χ0v) is 19.2. The van der Waals surface area contributed by atoms with Crippen LogP contribution in [-0.4, -0.2) is 29.7 Å². The van der Waals surface area contributed by atoms with Crippen LogP contribution in [0.1, 0.15) is 41.8 Å². The summed E-state index contributed by atoms with van der Waals surface area (Å²) in [6, 6.07) is 13.9. The van der Waals surface area contributed by atoms with E-state index in [1.165, 1.54) is 13.8 Å². The lowest BCUT2D eigenvalue weighted by atomic mass is 9.93. The molecule has 3 aromatic rings. The number of hydrogen-bond donors (Lipinski definition) is 2. The zero-order chi connectivity index (χ0) is 25.8. The maximum atomic E-state index is 14.7. The lowest BCUT2D eigenvalue weighted by molar-refractivity contribution is -0.146. The van der Waals surface area contributed by atoms with Crippen molar-refractivity contribution in [1.29, 1.82) is 0 Å². The van der Waals surface area contributed by atoms with Gasteiger partial charge in [0.1, 0.15) is 18.2 Å². The highest BCUT2D eigenvalue weighted by Gasteiger charge is 2.29. The van der Waals surface area contributed by atoms with E-state index >= 15 is 0 Å². The number of halogens is 4. The van der Waals surface area contributed by atoms with Crippen LogP contribution in [0.15, 0.2) is 54.6 Å². The second-order valence-corrected chi connectivity index (χ2v) is 8.87. The Kier molecular flexibility index (Phi) is 7.67. The second-order valence-electron chi connectivity index (χ2n) is 8.87. The van der Waals surface area contributed by atoms with Gasteiger partial charge in [0.15, 0.2) is 0 Å². The second kappa shape index (κ2) is 10.3. The molecule has 0 saturated carbocycles. The van der Waals surface area contributed by atoms with E-state index in [1.54, 1.807) is 48.5 Å². The number of carboxylic acids is 1. The molecule has 1 amide bonds. The van der Waals surface area contributed by atoms with Gasteiger partial charge in [-0.15, -0.1) is 0 Å². The highest BCUT2D eigenvalue weighted by molar-refractivity contribution is 6.04. The Bertz CT molecular complexity index is 1220. The van der Waals surface area contributed by atoms with Gasteiger partial charge in [-0.25, -0.2) is 4.39 Å². The molecule has 0 unspecified atom stereocenters. The molecule has 0 fully saturated rings.